The van der Waals surface area contributed by atoms with Crippen molar-refractivity contribution in [2.75, 3.05) is 0 Å². The lowest BCUT2D eigenvalue weighted by molar-refractivity contribution is 0.686. The molecule has 0 saturated carbocycles. The van der Waals surface area contributed by atoms with Gasteiger partial charge in [0.1, 0.15) is 0 Å². The minimum Gasteiger partial charge on any atom is -0.319 e. The first-order chi connectivity index (χ1) is 12.9. The lowest BCUT2D eigenvalue weighted by atomic mass is 9.86. The third-order valence-electron chi connectivity index (χ3n) is 4.73. The minimum absolute atomic E-state index is 0.216. The zero-order chi connectivity index (χ0) is 19.2. The first-order valence-corrected chi connectivity index (χ1v) is 8.47. The van der Waals surface area contributed by atoms with Gasteiger partial charge in [-0.25, -0.2) is 0 Å². The molecule has 1 aromatic carbocycles. The van der Waals surface area contributed by atoms with E-state index in [1.54, 1.807) is 22.9 Å². The predicted molar refractivity (Wildman–Crippen MR) is 104 cm³/mol. The Labute approximate surface area is 154 Å². The quantitative estimate of drug-likeness (QED) is 0.559. The number of hydrogen-bond acceptors (Lipinski definition) is 4. The molecule has 4 rings (SSSR count). The highest BCUT2D eigenvalue weighted by Gasteiger charge is 2.19. The van der Waals surface area contributed by atoms with Crippen molar-refractivity contribution in [3.05, 3.63) is 81.0 Å². The summed E-state index contributed by atoms with van der Waals surface area (Å²) in [4.78, 5) is 31.7. The summed E-state index contributed by atoms with van der Waals surface area (Å²) in [5, 5.41) is 10.1. The number of hydrogen-bond donors (Lipinski definition) is 1. The molecule has 4 aromatic rings. The van der Waals surface area contributed by atoms with E-state index in [1.807, 2.05) is 38.1 Å². The van der Waals surface area contributed by atoms with Crippen LogP contribution in [-0.2, 0) is 5.41 Å². The summed E-state index contributed by atoms with van der Waals surface area (Å²) in [7, 11) is 0. The van der Waals surface area contributed by atoms with Crippen LogP contribution in [0.5, 0.6) is 0 Å². The molecule has 0 bridgehead atoms. The molecule has 27 heavy (non-hydrogen) atoms. The zero-order valence-electron chi connectivity index (χ0n) is 14.9. The fourth-order valence-corrected chi connectivity index (χ4v) is 3.16. The normalized spacial score (nSPS) is 11.6. The van der Waals surface area contributed by atoms with Crippen molar-refractivity contribution in [2.24, 2.45) is 0 Å². The van der Waals surface area contributed by atoms with Gasteiger partial charge in [0.05, 0.1) is 28.0 Å². The molecule has 0 saturated heterocycles. The zero-order valence-corrected chi connectivity index (χ0v) is 14.9. The molecule has 0 atom stereocenters. The van der Waals surface area contributed by atoms with Gasteiger partial charge in [-0.15, -0.1) is 0 Å². The lowest BCUT2D eigenvalue weighted by Crippen LogP contribution is -2.19. The third-order valence-corrected chi connectivity index (χ3v) is 4.73. The van der Waals surface area contributed by atoms with E-state index >= 15 is 0 Å². The van der Waals surface area contributed by atoms with Crippen LogP contribution in [0.3, 0.4) is 0 Å². The summed E-state index contributed by atoms with van der Waals surface area (Å²) >= 11 is 0. The maximum Gasteiger partial charge on any atom is 0.255 e. The van der Waals surface area contributed by atoms with Crippen LogP contribution in [0.25, 0.3) is 27.6 Å². The smallest absolute Gasteiger partial charge is 0.255 e. The fourth-order valence-electron chi connectivity index (χ4n) is 3.16. The highest BCUT2D eigenvalue weighted by Crippen LogP contribution is 2.25. The average molecular weight is 356 g/mol. The maximum atomic E-state index is 12.7. The van der Waals surface area contributed by atoms with E-state index < -0.39 is 5.41 Å². The summed E-state index contributed by atoms with van der Waals surface area (Å²) < 4.78 is 1.55. The summed E-state index contributed by atoms with van der Waals surface area (Å²) in [6.45, 7) is 3.69. The molecule has 0 aliphatic carbocycles. The molecule has 0 unspecified atom stereocenters. The fraction of sp³-hybridized carbons (Fsp3) is 0.143. The number of H-pyrrole nitrogens is 1. The second kappa shape index (κ2) is 5.92. The Hall–Kier alpha value is -3.72. The summed E-state index contributed by atoms with van der Waals surface area (Å²) in [5.41, 5.74) is 2.13. The van der Waals surface area contributed by atoms with Gasteiger partial charge in [0, 0.05) is 29.4 Å². The SMILES string of the molecule is CC(C)(C#N)c1ccc(-n2c(=O)ccc3cnc4ccc(=O)[nH]c4c32)cc1. The van der Waals surface area contributed by atoms with Gasteiger partial charge in [-0.05, 0) is 43.7 Å². The Balaban J connectivity index is 2.06. The van der Waals surface area contributed by atoms with Gasteiger partial charge in [-0.1, -0.05) is 12.1 Å². The molecule has 6 nitrogen and oxygen atoms in total. The first kappa shape index (κ1) is 16.7. The Morgan fingerprint density at radius 2 is 1.78 bits per heavy atom. The van der Waals surface area contributed by atoms with Crippen molar-refractivity contribution in [1.82, 2.24) is 14.5 Å². The molecule has 0 spiro atoms. The lowest BCUT2D eigenvalue weighted by Gasteiger charge is -2.17. The second-order valence-electron chi connectivity index (χ2n) is 6.94. The van der Waals surface area contributed by atoms with Gasteiger partial charge in [0.25, 0.3) is 5.56 Å². The molecule has 6 heteroatoms. The number of aromatic nitrogens is 3. The molecular formula is C21H16N4O2. The van der Waals surface area contributed by atoms with Crippen LogP contribution in [-0.4, -0.2) is 14.5 Å². The molecule has 0 amide bonds. The molecule has 132 valence electrons. The summed E-state index contributed by atoms with van der Waals surface area (Å²) in [6.07, 6.45) is 1.68. The van der Waals surface area contributed by atoms with Crippen molar-refractivity contribution < 1.29 is 0 Å². The van der Waals surface area contributed by atoms with E-state index in [0.29, 0.717) is 22.2 Å². The minimum atomic E-state index is -0.621. The van der Waals surface area contributed by atoms with Crippen LogP contribution < -0.4 is 11.1 Å². The summed E-state index contributed by atoms with van der Waals surface area (Å²) in [6, 6.07) is 15.8. The molecule has 0 radical (unpaired) electrons. The van der Waals surface area contributed by atoms with Gasteiger partial charge in [-0.3, -0.25) is 19.1 Å². The van der Waals surface area contributed by atoms with Crippen LogP contribution in [0.2, 0.25) is 0 Å². The third kappa shape index (κ3) is 2.70. The van der Waals surface area contributed by atoms with Gasteiger partial charge < -0.3 is 4.98 Å². The van der Waals surface area contributed by atoms with E-state index in [9.17, 15) is 14.9 Å². The van der Waals surface area contributed by atoms with Crippen LogP contribution >= 0.6 is 0 Å². The van der Waals surface area contributed by atoms with Gasteiger partial charge in [0.15, 0.2) is 0 Å². The molecular weight excluding hydrogens is 340 g/mol. The Morgan fingerprint density at radius 1 is 1.04 bits per heavy atom. The van der Waals surface area contributed by atoms with Gasteiger partial charge in [0.2, 0.25) is 5.56 Å². The molecule has 3 heterocycles. The van der Waals surface area contributed by atoms with Gasteiger partial charge in [-0.2, -0.15) is 5.26 Å². The van der Waals surface area contributed by atoms with Crippen LogP contribution in [0.1, 0.15) is 19.4 Å². The first-order valence-electron chi connectivity index (χ1n) is 8.47. The predicted octanol–water partition coefficient (Wildman–Crippen LogP) is 3.03. The molecule has 0 fully saturated rings. The Kier molecular flexibility index (Phi) is 3.67. The number of pyridine rings is 3. The number of nitrogens with one attached hydrogen (secondary N) is 1. The largest absolute Gasteiger partial charge is 0.319 e. The topological polar surface area (TPSA) is 91.5 Å². The van der Waals surface area contributed by atoms with E-state index in [0.717, 1.165) is 10.9 Å². The molecule has 0 aliphatic rings. The Morgan fingerprint density at radius 3 is 2.48 bits per heavy atom. The van der Waals surface area contributed by atoms with Crippen molar-refractivity contribution in [3.63, 3.8) is 0 Å². The maximum absolute atomic E-state index is 12.7. The number of aromatic amines is 1. The average Bonchev–Trinajstić information content (AvgIpc) is 2.68. The van der Waals surface area contributed by atoms with Crippen LogP contribution in [0.4, 0.5) is 0 Å². The van der Waals surface area contributed by atoms with E-state index in [-0.39, 0.29) is 11.1 Å². The van der Waals surface area contributed by atoms with E-state index in [2.05, 4.69) is 16.0 Å². The van der Waals surface area contributed by atoms with Crippen molar-refractivity contribution in [1.29, 1.82) is 5.26 Å². The number of rotatable bonds is 2. The standard InChI is InChI=1S/C21H16N4O2/c1-21(2,12-22)14-4-6-15(7-5-14)25-18(27)10-3-13-11-23-16-8-9-17(26)24-19(16)20(13)25/h3-11H,1-2H3,(H,24,26). The number of nitrogens with zero attached hydrogens (tertiary/aromatic N) is 3. The molecule has 1 N–H and O–H groups in total. The van der Waals surface area contributed by atoms with E-state index in [4.69, 9.17) is 0 Å². The van der Waals surface area contributed by atoms with E-state index in [1.165, 1.54) is 12.1 Å². The van der Waals surface area contributed by atoms with Crippen LogP contribution in [0, 0.1) is 11.3 Å². The summed E-state index contributed by atoms with van der Waals surface area (Å²) in [5.74, 6) is 0. The van der Waals surface area contributed by atoms with Crippen molar-refractivity contribution in [2.45, 2.75) is 19.3 Å². The molecule has 3 aromatic heterocycles. The van der Waals surface area contributed by atoms with Gasteiger partial charge >= 0.3 is 0 Å². The number of benzene rings is 1. The highest BCUT2D eigenvalue weighted by atomic mass is 16.1. The highest BCUT2D eigenvalue weighted by molar-refractivity contribution is 6.01. The number of nitriles is 1. The monoisotopic (exact) mass is 356 g/mol. The Bertz CT molecular complexity index is 1340. The molecule has 0 aliphatic heterocycles. The number of fused-ring (bicyclic) bond motifs is 3. The van der Waals surface area contributed by atoms with Crippen molar-refractivity contribution >= 4 is 21.9 Å². The van der Waals surface area contributed by atoms with Crippen molar-refractivity contribution in [3.8, 4) is 11.8 Å². The second-order valence-corrected chi connectivity index (χ2v) is 6.94. The van der Waals surface area contributed by atoms with Crippen LogP contribution in [0.15, 0.2) is 64.3 Å².